The first kappa shape index (κ1) is 16.4. The van der Waals surface area contributed by atoms with Gasteiger partial charge in [0.25, 0.3) is 0 Å². The highest BCUT2D eigenvalue weighted by Crippen LogP contribution is 2.21. The van der Waals surface area contributed by atoms with Crippen molar-refractivity contribution >= 4 is 21.6 Å². The third kappa shape index (κ3) is 4.17. The molecule has 6 nitrogen and oxygen atoms in total. The summed E-state index contributed by atoms with van der Waals surface area (Å²) in [5.41, 5.74) is 6.23. The lowest BCUT2D eigenvalue weighted by Crippen LogP contribution is -2.31. The van der Waals surface area contributed by atoms with Crippen molar-refractivity contribution in [3.05, 3.63) is 23.5 Å². The average molecular weight is 303 g/mol. The van der Waals surface area contributed by atoms with Crippen molar-refractivity contribution in [2.24, 2.45) is 0 Å². The van der Waals surface area contributed by atoms with Crippen LogP contribution in [0.1, 0.15) is 18.9 Å². The molecule has 0 unspecified atom stereocenters. The number of anilines is 1. The van der Waals surface area contributed by atoms with E-state index >= 15 is 0 Å². The van der Waals surface area contributed by atoms with Crippen LogP contribution in [0.2, 0.25) is 0 Å². The molecule has 1 aromatic carbocycles. The lowest BCUT2D eigenvalue weighted by Gasteiger charge is -2.09. The summed E-state index contributed by atoms with van der Waals surface area (Å²) in [6, 6.07) is 2.13. The number of rotatable bonds is 6. The molecule has 1 amide bonds. The molecule has 20 heavy (non-hydrogen) atoms. The maximum Gasteiger partial charge on any atom is 0.243 e. The summed E-state index contributed by atoms with van der Waals surface area (Å²) in [6.07, 6.45) is -0.0178. The zero-order valence-corrected chi connectivity index (χ0v) is 12.2. The van der Waals surface area contributed by atoms with Gasteiger partial charge in [0.15, 0.2) is 0 Å². The van der Waals surface area contributed by atoms with Gasteiger partial charge in [0.05, 0.1) is 0 Å². The first-order valence-electron chi connectivity index (χ1n) is 6.10. The van der Waals surface area contributed by atoms with Crippen LogP contribution in [-0.2, 0) is 14.8 Å². The van der Waals surface area contributed by atoms with Crippen molar-refractivity contribution in [3.8, 4) is 0 Å². The number of carbonyl (C=O) groups is 1. The first-order chi connectivity index (χ1) is 9.27. The van der Waals surface area contributed by atoms with Crippen LogP contribution >= 0.6 is 0 Å². The molecule has 0 saturated heterocycles. The number of hydrogen-bond acceptors (Lipinski definition) is 4. The van der Waals surface area contributed by atoms with Gasteiger partial charge in [-0.2, -0.15) is 0 Å². The molecule has 0 aliphatic carbocycles. The Morgan fingerprint density at radius 3 is 2.65 bits per heavy atom. The molecule has 0 aliphatic rings. The molecule has 0 heterocycles. The molecule has 1 aromatic rings. The molecule has 0 atom stereocenters. The third-order valence-electron chi connectivity index (χ3n) is 2.63. The van der Waals surface area contributed by atoms with E-state index in [2.05, 4.69) is 10.0 Å². The number of benzene rings is 1. The fourth-order valence-corrected chi connectivity index (χ4v) is 2.66. The van der Waals surface area contributed by atoms with Gasteiger partial charge in [-0.3, -0.25) is 4.79 Å². The van der Waals surface area contributed by atoms with Crippen LogP contribution in [0, 0.1) is 12.7 Å². The van der Waals surface area contributed by atoms with E-state index in [9.17, 15) is 17.6 Å². The fraction of sp³-hybridized carbons (Fsp3) is 0.417. The minimum Gasteiger partial charge on any atom is -0.398 e. The molecule has 4 N–H and O–H groups in total. The van der Waals surface area contributed by atoms with Crippen LogP contribution in [0.25, 0.3) is 0 Å². The zero-order valence-electron chi connectivity index (χ0n) is 11.4. The molecule has 1 rings (SSSR count). The maximum absolute atomic E-state index is 13.7. The van der Waals surface area contributed by atoms with Crippen LogP contribution < -0.4 is 15.8 Å². The number of halogens is 1. The lowest BCUT2D eigenvalue weighted by atomic mass is 10.2. The lowest BCUT2D eigenvalue weighted by molar-refractivity contribution is -0.120. The first-order valence-corrected chi connectivity index (χ1v) is 7.58. The molecular weight excluding hydrogens is 285 g/mol. The Labute approximate surface area is 117 Å². The summed E-state index contributed by atoms with van der Waals surface area (Å²) in [5, 5.41) is 2.53. The summed E-state index contributed by atoms with van der Waals surface area (Å²) in [6.45, 7) is 3.69. The second-order valence-electron chi connectivity index (χ2n) is 4.24. The van der Waals surface area contributed by atoms with E-state index in [1.165, 1.54) is 0 Å². The SMILES string of the molecule is CCNC(=O)CCNS(=O)(=O)c1cc(N)c(C)cc1F. The smallest absolute Gasteiger partial charge is 0.243 e. The van der Waals surface area contributed by atoms with Gasteiger partial charge >= 0.3 is 0 Å². The van der Waals surface area contributed by atoms with Crippen molar-refractivity contribution in [1.82, 2.24) is 10.0 Å². The summed E-state index contributed by atoms with van der Waals surface area (Å²) >= 11 is 0. The van der Waals surface area contributed by atoms with Crippen LogP contribution in [-0.4, -0.2) is 27.4 Å². The van der Waals surface area contributed by atoms with Crippen LogP contribution in [0.15, 0.2) is 17.0 Å². The van der Waals surface area contributed by atoms with E-state index in [1.54, 1.807) is 13.8 Å². The van der Waals surface area contributed by atoms with Crippen molar-refractivity contribution in [2.75, 3.05) is 18.8 Å². The standard InChI is InChI=1S/C12H18FN3O3S/c1-3-15-12(17)4-5-16-20(18,19)11-7-10(14)8(2)6-9(11)13/h6-7,16H,3-5,14H2,1-2H3,(H,15,17). The number of sulfonamides is 1. The van der Waals surface area contributed by atoms with Gasteiger partial charge in [-0.1, -0.05) is 0 Å². The number of carbonyl (C=O) groups excluding carboxylic acids is 1. The minimum atomic E-state index is -4.03. The largest absolute Gasteiger partial charge is 0.398 e. The number of aryl methyl sites for hydroxylation is 1. The predicted molar refractivity (Wildman–Crippen MR) is 74.0 cm³/mol. The summed E-state index contributed by atoms with van der Waals surface area (Å²) in [7, 11) is -4.03. The van der Waals surface area contributed by atoms with Gasteiger partial charge in [-0.25, -0.2) is 17.5 Å². The third-order valence-corrected chi connectivity index (χ3v) is 4.10. The van der Waals surface area contributed by atoms with E-state index in [0.717, 1.165) is 12.1 Å². The quantitative estimate of drug-likeness (QED) is 0.667. The Kier molecular flexibility index (Phi) is 5.46. The summed E-state index contributed by atoms with van der Waals surface area (Å²) < 4.78 is 39.7. The highest BCUT2D eigenvalue weighted by atomic mass is 32.2. The van der Waals surface area contributed by atoms with Crippen LogP contribution in [0.3, 0.4) is 0 Å². The van der Waals surface area contributed by atoms with Gasteiger partial charge < -0.3 is 11.1 Å². The number of nitrogen functional groups attached to an aromatic ring is 1. The van der Waals surface area contributed by atoms with E-state index in [0.29, 0.717) is 12.1 Å². The number of hydrogen-bond donors (Lipinski definition) is 3. The average Bonchev–Trinajstić information content (AvgIpc) is 2.33. The Bertz CT molecular complexity index is 602. The van der Waals surface area contributed by atoms with E-state index in [1.807, 2.05) is 0 Å². The Balaban J connectivity index is 2.79. The number of nitrogens with two attached hydrogens (primary N) is 1. The molecule has 0 bridgehead atoms. The fourth-order valence-electron chi connectivity index (χ4n) is 1.54. The highest BCUT2D eigenvalue weighted by molar-refractivity contribution is 7.89. The van der Waals surface area contributed by atoms with Crippen LogP contribution in [0.4, 0.5) is 10.1 Å². The maximum atomic E-state index is 13.7. The van der Waals surface area contributed by atoms with Gasteiger partial charge in [-0.15, -0.1) is 0 Å². The molecule has 0 aromatic heterocycles. The van der Waals surface area contributed by atoms with Crippen molar-refractivity contribution in [1.29, 1.82) is 0 Å². The van der Waals surface area contributed by atoms with Gasteiger partial charge in [0.2, 0.25) is 15.9 Å². The molecule has 0 aliphatic heterocycles. The van der Waals surface area contributed by atoms with E-state index in [4.69, 9.17) is 5.73 Å². The van der Waals surface area contributed by atoms with Crippen molar-refractivity contribution in [2.45, 2.75) is 25.2 Å². The minimum absolute atomic E-state index is 0.0178. The predicted octanol–water partition coefficient (Wildman–Crippen LogP) is 0.521. The molecule has 112 valence electrons. The summed E-state index contributed by atoms with van der Waals surface area (Å²) in [4.78, 5) is 10.7. The van der Waals surface area contributed by atoms with Crippen molar-refractivity contribution in [3.63, 3.8) is 0 Å². The Morgan fingerprint density at radius 2 is 2.05 bits per heavy atom. The Hall–Kier alpha value is -1.67. The highest BCUT2D eigenvalue weighted by Gasteiger charge is 2.20. The van der Waals surface area contributed by atoms with Gasteiger partial charge in [0, 0.05) is 25.2 Å². The molecular formula is C12H18FN3O3S. The van der Waals surface area contributed by atoms with Crippen LogP contribution in [0.5, 0.6) is 0 Å². The molecule has 0 saturated carbocycles. The summed E-state index contributed by atoms with van der Waals surface area (Å²) in [5.74, 6) is -1.15. The second-order valence-corrected chi connectivity index (χ2v) is 5.98. The molecule has 0 radical (unpaired) electrons. The Morgan fingerprint density at radius 1 is 1.40 bits per heavy atom. The second kappa shape index (κ2) is 6.67. The van der Waals surface area contributed by atoms with E-state index in [-0.39, 0.29) is 24.6 Å². The molecule has 0 spiro atoms. The topological polar surface area (TPSA) is 101 Å². The number of amides is 1. The van der Waals surface area contributed by atoms with Gasteiger partial charge in [0.1, 0.15) is 10.7 Å². The monoisotopic (exact) mass is 303 g/mol. The molecule has 8 heteroatoms. The zero-order chi connectivity index (χ0) is 15.3. The molecule has 0 fully saturated rings. The van der Waals surface area contributed by atoms with Crippen molar-refractivity contribution < 1.29 is 17.6 Å². The number of nitrogens with one attached hydrogen (secondary N) is 2. The van der Waals surface area contributed by atoms with E-state index < -0.39 is 20.7 Å². The normalized spacial score (nSPS) is 11.3. The van der Waals surface area contributed by atoms with Gasteiger partial charge in [-0.05, 0) is 31.5 Å².